The molecule has 0 amide bonds. The Morgan fingerprint density at radius 1 is 1.54 bits per heavy atom. The Morgan fingerprint density at radius 2 is 2.31 bits per heavy atom. The monoisotopic (exact) mass is 241 g/mol. The second-order valence-electron chi connectivity index (χ2n) is 2.77. The maximum absolute atomic E-state index is 4.21. The summed E-state index contributed by atoms with van der Waals surface area (Å²) in [5, 5.41) is 3.17. The molecule has 0 bridgehead atoms. The van der Waals surface area contributed by atoms with Crippen molar-refractivity contribution in [3.63, 3.8) is 0 Å². The Labute approximate surface area is 86.4 Å². The van der Waals surface area contributed by atoms with Crippen LogP contribution in [0.1, 0.15) is 11.4 Å². The summed E-state index contributed by atoms with van der Waals surface area (Å²) in [7, 11) is 0. The Kier molecular flexibility index (Phi) is 4.05. The second-order valence-corrected chi connectivity index (χ2v) is 3.89. The molecule has 0 radical (unpaired) electrons. The van der Waals surface area contributed by atoms with Crippen molar-refractivity contribution in [2.45, 2.75) is 13.5 Å². The zero-order chi connectivity index (χ0) is 9.68. The molecule has 0 aliphatic carbocycles. The van der Waals surface area contributed by atoms with Crippen LogP contribution in [-0.4, -0.2) is 16.5 Å². The maximum atomic E-state index is 4.21. The Hall–Kier alpha value is -0.740. The summed E-state index contributed by atoms with van der Waals surface area (Å²) >= 11 is 3.27. The summed E-state index contributed by atoms with van der Waals surface area (Å²) in [4.78, 5) is 8.35. The van der Waals surface area contributed by atoms with Gasteiger partial charge in [0, 0.05) is 30.0 Å². The van der Waals surface area contributed by atoms with Gasteiger partial charge in [-0.1, -0.05) is 22.5 Å². The fourth-order valence-corrected chi connectivity index (χ4v) is 1.04. The van der Waals surface area contributed by atoms with Gasteiger partial charge >= 0.3 is 0 Å². The van der Waals surface area contributed by atoms with Crippen molar-refractivity contribution < 1.29 is 0 Å². The van der Waals surface area contributed by atoms with Crippen LogP contribution in [0.2, 0.25) is 0 Å². The van der Waals surface area contributed by atoms with Gasteiger partial charge < -0.3 is 5.32 Å². The average Bonchev–Trinajstić information content (AvgIpc) is 2.08. The van der Waals surface area contributed by atoms with Gasteiger partial charge in [-0.15, -0.1) is 0 Å². The molecule has 1 heterocycles. The first-order valence-corrected chi connectivity index (χ1v) is 4.79. The van der Waals surface area contributed by atoms with Crippen molar-refractivity contribution in [3.8, 4) is 0 Å². The third-order valence-corrected chi connectivity index (χ3v) is 1.74. The molecule has 1 rings (SSSR count). The summed E-state index contributed by atoms with van der Waals surface area (Å²) in [6.07, 6.45) is 3.54. The molecule has 0 aliphatic heterocycles. The number of rotatable bonds is 4. The average molecular weight is 242 g/mol. The molecule has 0 fully saturated rings. The van der Waals surface area contributed by atoms with E-state index >= 15 is 0 Å². The van der Waals surface area contributed by atoms with Crippen molar-refractivity contribution in [1.29, 1.82) is 0 Å². The highest BCUT2D eigenvalue weighted by atomic mass is 79.9. The lowest BCUT2D eigenvalue weighted by molar-refractivity contribution is 0.732. The SMILES string of the molecule is C=C(Br)CNCc1cnc(C)cn1. The van der Waals surface area contributed by atoms with E-state index in [1.807, 2.05) is 6.92 Å². The van der Waals surface area contributed by atoms with E-state index in [0.717, 1.165) is 29.0 Å². The largest absolute Gasteiger partial charge is 0.306 e. The van der Waals surface area contributed by atoms with E-state index in [9.17, 15) is 0 Å². The van der Waals surface area contributed by atoms with Crippen molar-refractivity contribution in [2.75, 3.05) is 6.54 Å². The number of nitrogens with one attached hydrogen (secondary N) is 1. The number of aryl methyl sites for hydroxylation is 1. The van der Waals surface area contributed by atoms with E-state index in [2.05, 4.69) is 37.8 Å². The molecule has 0 saturated heterocycles. The first kappa shape index (κ1) is 10.3. The number of halogens is 1. The van der Waals surface area contributed by atoms with E-state index in [0.29, 0.717) is 0 Å². The third kappa shape index (κ3) is 4.15. The number of aromatic nitrogens is 2. The van der Waals surface area contributed by atoms with Gasteiger partial charge in [0.1, 0.15) is 0 Å². The van der Waals surface area contributed by atoms with Gasteiger partial charge in [0.15, 0.2) is 0 Å². The first-order chi connectivity index (χ1) is 6.18. The molecule has 1 aromatic heterocycles. The predicted octanol–water partition coefficient (Wildman–Crippen LogP) is 1.78. The lowest BCUT2D eigenvalue weighted by Crippen LogP contribution is -2.15. The van der Waals surface area contributed by atoms with Gasteiger partial charge in [-0.2, -0.15) is 0 Å². The highest BCUT2D eigenvalue weighted by Gasteiger charge is 1.94. The van der Waals surface area contributed by atoms with Crippen LogP contribution in [-0.2, 0) is 6.54 Å². The molecule has 0 unspecified atom stereocenters. The summed E-state index contributed by atoms with van der Waals surface area (Å²) in [6, 6.07) is 0. The molecule has 0 saturated carbocycles. The maximum Gasteiger partial charge on any atom is 0.0724 e. The number of hydrogen-bond acceptors (Lipinski definition) is 3. The molecule has 3 nitrogen and oxygen atoms in total. The van der Waals surface area contributed by atoms with E-state index in [1.165, 1.54) is 0 Å². The third-order valence-electron chi connectivity index (χ3n) is 1.46. The van der Waals surface area contributed by atoms with Crippen LogP contribution >= 0.6 is 15.9 Å². The van der Waals surface area contributed by atoms with Gasteiger partial charge in [-0.25, -0.2) is 0 Å². The second kappa shape index (κ2) is 5.09. The molecule has 0 aromatic carbocycles. The molecule has 1 aromatic rings. The van der Waals surface area contributed by atoms with Crippen LogP contribution in [0.5, 0.6) is 0 Å². The molecule has 70 valence electrons. The number of nitrogens with zero attached hydrogens (tertiary/aromatic N) is 2. The fourth-order valence-electron chi connectivity index (χ4n) is 0.837. The highest BCUT2D eigenvalue weighted by Crippen LogP contribution is 1.98. The van der Waals surface area contributed by atoms with Gasteiger partial charge in [-0.3, -0.25) is 9.97 Å². The standard InChI is InChI=1S/C9H12BrN3/c1-7(10)3-11-5-9-6-12-8(2)4-13-9/h4,6,11H,1,3,5H2,2H3. The predicted molar refractivity (Wildman–Crippen MR) is 56.5 cm³/mol. The van der Waals surface area contributed by atoms with Crippen molar-refractivity contribution in [1.82, 2.24) is 15.3 Å². The quantitative estimate of drug-likeness (QED) is 0.874. The van der Waals surface area contributed by atoms with Crippen LogP contribution < -0.4 is 5.32 Å². The summed E-state index contributed by atoms with van der Waals surface area (Å²) in [6.45, 7) is 7.11. The molecule has 0 aliphatic rings. The zero-order valence-electron chi connectivity index (χ0n) is 7.55. The summed E-state index contributed by atoms with van der Waals surface area (Å²) in [5.74, 6) is 0. The molecular formula is C9H12BrN3. The zero-order valence-corrected chi connectivity index (χ0v) is 9.13. The Morgan fingerprint density at radius 3 is 2.85 bits per heavy atom. The van der Waals surface area contributed by atoms with Crippen LogP contribution in [0, 0.1) is 6.92 Å². The van der Waals surface area contributed by atoms with Crippen LogP contribution in [0.3, 0.4) is 0 Å². The normalized spacial score (nSPS) is 10.0. The van der Waals surface area contributed by atoms with Crippen LogP contribution in [0.4, 0.5) is 0 Å². The summed E-state index contributed by atoms with van der Waals surface area (Å²) < 4.78 is 0.938. The molecule has 1 N–H and O–H groups in total. The van der Waals surface area contributed by atoms with Gasteiger partial charge in [0.25, 0.3) is 0 Å². The van der Waals surface area contributed by atoms with Gasteiger partial charge in [0.2, 0.25) is 0 Å². The molecule has 0 atom stereocenters. The van der Waals surface area contributed by atoms with E-state index in [4.69, 9.17) is 0 Å². The minimum Gasteiger partial charge on any atom is -0.306 e. The van der Waals surface area contributed by atoms with Crippen molar-refractivity contribution in [3.05, 3.63) is 34.8 Å². The molecule has 0 spiro atoms. The minimum absolute atomic E-state index is 0.720. The minimum atomic E-state index is 0.720. The summed E-state index contributed by atoms with van der Waals surface area (Å²) in [5.41, 5.74) is 1.88. The Bertz CT molecular complexity index is 281. The highest BCUT2D eigenvalue weighted by molar-refractivity contribution is 9.11. The lowest BCUT2D eigenvalue weighted by atomic mass is 10.4. The van der Waals surface area contributed by atoms with Gasteiger partial charge in [0.05, 0.1) is 11.4 Å². The first-order valence-electron chi connectivity index (χ1n) is 4.00. The smallest absolute Gasteiger partial charge is 0.0724 e. The van der Waals surface area contributed by atoms with E-state index < -0.39 is 0 Å². The molecular weight excluding hydrogens is 230 g/mol. The van der Waals surface area contributed by atoms with E-state index in [1.54, 1.807) is 12.4 Å². The van der Waals surface area contributed by atoms with Crippen LogP contribution in [0.25, 0.3) is 0 Å². The van der Waals surface area contributed by atoms with E-state index in [-0.39, 0.29) is 0 Å². The fraction of sp³-hybridized carbons (Fsp3) is 0.333. The van der Waals surface area contributed by atoms with Gasteiger partial charge in [-0.05, 0) is 6.92 Å². The topological polar surface area (TPSA) is 37.8 Å². The molecule has 4 heteroatoms. The van der Waals surface area contributed by atoms with Crippen molar-refractivity contribution in [2.24, 2.45) is 0 Å². The van der Waals surface area contributed by atoms with Crippen molar-refractivity contribution >= 4 is 15.9 Å². The lowest BCUT2D eigenvalue weighted by Gasteiger charge is -2.02. The van der Waals surface area contributed by atoms with Crippen LogP contribution in [0.15, 0.2) is 23.5 Å². The number of hydrogen-bond donors (Lipinski definition) is 1. The molecule has 13 heavy (non-hydrogen) atoms. The Balaban J connectivity index is 2.37.